The van der Waals surface area contributed by atoms with Crippen LogP contribution in [0.1, 0.15) is 351 Å². The summed E-state index contributed by atoms with van der Waals surface area (Å²) in [5, 5.41) is 27.7. The second-order valence-corrected chi connectivity index (χ2v) is 44.7. The van der Waals surface area contributed by atoms with Crippen LogP contribution in [0.5, 0.6) is 0 Å². The van der Waals surface area contributed by atoms with Crippen LogP contribution in [-0.2, 0) is 132 Å². The summed E-state index contributed by atoms with van der Waals surface area (Å²) in [5.41, 5.74) is 36.5. The van der Waals surface area contributed by atoms with Gasteiger partial charge in [0.2, 0.25) is 0 Å². The minimum absolute atomic E-state index is 0.0411. The van der Waals surface area contributed by atoms with Gasteiger partial charge in [-0.3, -0.25) is 0 Å². The summed E-state index contributed by atoms with van der Waals surface area (Å²) in [7, 11) is 0. The molecule has 0 saturated heterocycles. The minimum Gasteiger partial charge on any atom is -0.312 e. The van der Waals surface area contributed by atoms with Gasteiger partial charge < -0.3 is 42.5 Å². The highest BCUT2D eigenvalue weighted by atomic mass is 19.1. The first-order valence-corrected chi connectivity index (χ1v) is 46.3. The topological polar surface area (TPSA) is 96.2 Å². The predicted octanol–water partition coefficient (Wildman–Crippen LogP) is 23.4. The Kier molecular flexibility index (Phi) is 29.8. The van der Waals surface area contributed by atoms with Crippen molar-refractivity contribution in [1.82, 2.24) is 42.5 Å². The van der Waals surface area contributed by atoms with E-state index >= 15 is 0 Å². The maximum atomic E-state index is 13.6. The zero-order valence-corrected chi connectivity index (χ0v) is 79.6. The molecule has 8 nitrogen and oxygen atoms in total. The molecular formula is C110H158F2N8. The van der Waals surface area contributed by atoms with Gasteiger partial charge in [-0.05, 0) is 301 Å². The first-order chi connectivity index (χ1) is 56.1. The van der Waals surface area contributed by atoms with Crippen molar-refractivity contribution in [3.8, 4) is 0 Å². The Bertz CT molecular complexity index is 4360. The van der Waals surface area contributed by atoms with Gasteiger partial charge >= 0.3 is 0 Å². The lowest BCUT2D eigenvalue weighted by Crippen LogP contribution is -2.42. The van der Waals surface area contributed by atoms with Crippen LogP contribution in [0.25, 0.3) is 0 Å². The Morgan fingerprint density at radius 2 is 0.583 bits per heavy atom. The number of nitrogens with one attached hydrogen (secondary N) is 8. The average Bonchev–Trinajstić information content (AvgIpc) is 1.53. The zero-order valence-electron chi connectivity index (χ0n) is 79.6. The fourth-order valence-corrected chi connectivity index (χ4v) is 18.5. The van der Waals surface area contributed by atoms with Crippen molar-refractivity contribution in [3.63, 3.8) is 0 Å². The van der Waals surface area contributed by atoms with Crippen molar-refractivity contribution in [2.75, 3.05) is 52.4 Å². The normalized spacial score (nSPS) is 18.5. The number of benzene rings is 8. The maximum absolute atomic E-state index is 13.6. The Balaban J connectivity index is 0.000000134. The minimum atomic E-state index is -0.0533. The molecule has 10 heteroatoms. The van der Waals surface area contributed by atoms with Crippen molar-refractivity contribution in [1.29, 1.82) is 0 Å². The van der Waals surface area contributed by atoms with Crippen molar-refractivity contribution < 1.29 is 8.78 Å². The van der Waals surface area contributed by atoms with E-state index in [2.05, 4.69) is 304 Å². The molecule has 0 unspecified atom stereocenters. The van der Waals surface area contributed by atoms with Crippen LogP contribution in [0.2, 0.25) is 0 Å². The van der Waals surface area contributed by atoms with Gasteiger partial charge in [-0.1, -0.05) is 287 Å². The van der Waals surface area contributed by atoms with E-state index in [4.69, 9.17) is 0 Å². The largest absolute Gasteiger partial charge is 0.312 e. The average molecular weight is 1630 g/mol. The third kappa shape index (κ3) is 24.0. The molecule has 8 aromatic rings. The van der Waals surface area contributed by atoms with E-state index in [-0.39, 0.29) is 66.9 Å². The monoisotopic (exact) mass is 1630 g/mol. The lowest BCUT2D eigenvalue weighted by molar-refractivity contribution is 0.381. The molecule has 120 heavy (non-hydrogen) atoms. The molecule has 10 aliphatic rings. The summed E-state index contributed by atoms with van der Waals surface area (Å²) in [6, 6.07) is 49.6. The fourth-order valence-electron chi connectivity index (χ4n) is 18.5. The standard InChI is InChI=1S/2C15H21N.2C15H23N.2C13H19N.2C12H16FN/c1-14(2,3)12-4-5-13-11(10-12)6-9-16-15(13)7-8-15;1-14(2,3)12-4-5-13-11(8-12)9-16-10-15(13)6-7-15;1-14(2,3)12-6-7-13-11(8-12)9-16-10-15(13,4)5;1-14(2,3)12-6-7-13-11(10-12)8-9-16-15(13,4)5;1-13(2,3)12-5-4-11-9-14-7-6-10(11)8-12;1-13(2,3)12-5-4-10-6-7-14-9-11(10)8-12;1-8(2)11-5-10-7-14-4-3-9(10)6-12(11)13;1-8(2)11-5-9-3-4-14-7-10(9)6-12(11)13/h4-5,10,16H,6-9H2,1-3H3;4-5,8,16H,6-7,9-10H2,1-3H3;6-8,16H,9-10H2,1-5H3;6-7,10,16H,8-9H2,1-5H3;2*4-5,8,14H,6-7,9H2,1-3H3;2*5-6,8,14H,3-4,7H2,1-2H3. The van der Waals surface area contributed by atoms with Crippen LogP contribution in [0, 0.1) is 11.6 Å². The summed E-state index contributed by atoms with van der Waals surface area (Å²) in [6.45, 7) is 72.9. The van der Waals surface area contributed by atoms with Crippen LogP contribution in [0.15, 0.2) is 133 Å². The van der Waals surface area contributed by atoms with Gasteiger partial charge in [0.15, 0.2) is 0 Å². The number of rotatable bonds is 2. The van der Waals surface area contributed by atoms with Crippen LogP contribution < -0.4 is 42.5 Å². The second-order valence-electron chi connectivity index (χ2n) is 44.7. The molecule has 2 spiro atoms. The summed E-state index contributed by atoms with van der Waals surface area (Å²) < 4.78 is 27.2. The molecule has 8 heterocycles. The quantitative estimate of drug-likeness (QED) is 0.0868. The maximum Gasteiger partial charge on any atom is 0.126 e. The number of hydrogen-bond donors (Lipinski definition) is 8. The molecule has 0 aromatic heterocycles. The molecule has 2 saturated carbocycles. The highest BCUT2D eigenvalue weighted by Gasteiger charge is 2.48. The summed E-state index contributed by atoms with van der Waals surface area (Å²) in [6.07, 6.45) is 12.1. The van der Waals surface area contributed by atoms with E-state index in [0.717, 1.165) is 121 Å². The van der Waals surface area contributed by atoms with Gasteiger partial charge in [0.25, 0.3) is 0 Å². The Labute approximate surface area is 727 Å². The van der Waals surface area contributed by atoms with Gasteiger partial charge in [-0.15, -0.1) is 0 Å². The molecule has 0 amide bonds. The van der Waals surface area contributed by atoms with Crippen molar-refractivity contribution in [2.45, 2.75) is 350 Å². The number of halogens is 2. The van der Waals surface area contributed by atoms with Crippen LogP contribution >= 0.6 is 0 Å². The van der Waals surface area contributed by atoms with Gasteiger partial charge in [0, 0.05) is 80.8 Å². The SMILES string of the molecule is CC(C)(C)c1ccc2c(c1)CCNC2.CC(C)(C)c1ccc2c(c1)CCNC2(C)C.CC(C)(C)c1ccc2c(c1)CCNC21CC1.CC(C)(C)c1ccc2c(c1)CNCC2.CC(C)(C)c1ccc2c(c1)CNCC2(C)C.CC(C)(C)c1ccc2c(c1)CNCC21CC1.CC(C)c1cc2c(cc1F)CCNC2.CC(C)c1cc2c(cc1F)CNCC2. The summed E-state index contributed by atoms with van der Waals surface area (Å²) >= 11 is 0. The molecule has 0 radical (unpaired) electrons. The van der Waals surface area contributed by atoms with Crippen molar-refractivity contribution in [2.24, 2.45) is 0 Å². The van der Waals surface area contributed by atoms with E-state index in [0.29, 0.717) is 11.0 Å². The van der Waals surface area contributed by atoms with E-state index in [9.17, 15) is 8.78 Å². The number of fused-ring (bicyclic) bond motifs is 10. The molecule has 8 aromatic carbocycles. The van der Waals surface area contributed by atoms with E-state index in [1.165, 1.54) is 152 Å². The molecular weight excluding hydrogens is 1470 g/mol. The second kappa shape index (κ2) is 38.0. The molecule has 2 fully saturated rings. The highest BCUT2D eigenvalue weighted by molar-refractivity contribution is 5.48. The zero-order chi connectivity index (χ0) is 87.3. The molecule has 0 bridgehead atoms. The lowest BCUT2D eigenvalue weighted by Gasteiger charge is -2.35. The van der Waals surface area contributed by atoms with Gasteiger partial charge in [0.05, 0.1) is 0 Å². The van der Waals surface area contributed by atoms with E-state index in [1.54, 1.807) is 28.8 Å². The van der Waals surface area contributed by atoms with Gasteiger partial charge in [0.1, 0.15) is 11.6 Å². The Hall–Kier alpha value is -6.70. The first kappa shape index (κ1) is 94.0. The highest BCUT2D eigenvalue weighted by Crippen LogP contribution is 2.52. The molecule has 652 valence electrons. The van der Waals surface area contributed by atoms with Crippen molar-refractivity contribution >= 4 is 0 Å². The molecule has 8 aliphatic heterocycles. The van der Waals surface area contributed by atoms with E-state index in [1.807, 2.05) is 39.8 Å². The van der Waals surface area contributed by atoms with E-state index < -0.39 is 0 Å². The third-order valence-corrected chi connectivity index (χ3v) is 27.0. The predicted molar refractivity (Wildman–Crippen MR) is 508 cm³/mol. The molecule has 0 atom stereocenters. The van der Waals surface area contributed by atoms with Crippen molar-refractivity contribution in [3.05, 3.63) is 279 Å². The smallest absolute Gasteiger partial charge is 0.126 e. The summed E-state index contributed by atoms with van der Waals surface area (Å²) in [5.74, 6) is 0.445. The first-order valence-electron chi connectivity index (χ1n) is 46.3. The summed E-state index contributed by atoms with van der Waals surface area (Å²) in [4.78, 5) is 0. The lowest BCUT2D eigenvalue weighted by atomic mass is 9.76. The third-order valence-electron chi connectivity index (χ3n) is 27.0. The van der Waals surface area contributed by atoms with Crippen LogP contribution in [0.4, 0.5) is 8.78 Å². The van der Waals surface area contributed by atoms with Crippen LogP contribution in [0.3, 0.4) is 0 Å². The van der Waals surface area contributed by atoms with Crippen LogP contribution in [-0.4, -0.2) is 52.4 Å². The fraction of sp³-hybridized carbons (Fsp3) is 0.564. The Morgan fingerprint density at radius 1 is 0.275 bits per heavy atom. The molecule has 18 rings (SSSR count). The molecule has 8 N–H and O–H groups in total. The molecule has 2 aliphatic carbocycles. The van der Waals surface area contributed by atoms with Gasteiger partial charge in [-0.25, -0.2) is 8.78 Å². The number of hydrogen-bond acceptors (Lipinski definition) is 8. The Morgan fingerprint density at radius 3 is 1.04 bits per heavy atom. The van der Waals surface area contributed by atoms with Gasteiger partial charge in [-0.2, -0.15) is 0 Å².